The van der Waals surface area contributed by atoms with Crippen LogP contribution in [0.25, 0.3) is 0 Å². The van der Waals surface area contributed by atoms with Gasteiger partial charge in [0.05, 0.1) is 23.3 Å². The van der Waals surface area contributed by atoms with Gasteiger partial charge < -0.3 is 28.8 Å². The summed E-state index contributed by atoms with van der Waals surface area (Å²) in [5, 5.41) is 2.84. The van der Waals surface area contributed by atoms with Crippen LogP contribution in [-0.2, 0) is 18.8 Å². The number of carbonyl (C=O) groups is 1. The zero-order chi connectivity index (χ0) is 22.8. The van der Waals surface area contributed by atoms with Gasteiger partial charge in [0.2, 0.25) is 0 Å². The third kappa shape index (κ3) is 6.36. The van der Waals surface area contributed by atoms with E-state index in [0.29, 0.717) is 5.75 Å². The summed E-state index contributed by atoms with van der Waals surface area (Å²) in [6, 6.07) is 7.57. The van der Waals surface area contributed by atoms with Crippen molar-refractivity contribution in [2.24, 2.45) is 0 Å². The molecule has 0 aromatic heterocycles. The lowest BCUT2D eigenvalue weighted by Gasteiger charge is -2.32. The molecular formula is C22H36BNO6. The molecule has 1 aromatic carbocycles. The van der Waals surface area contributed by atoms with E-state index in [-0.39, 0.29) is 24.4 Å². The lowest BCUT2D eigenvalue weighted by molar-refractivity contribution is 0.00578. The molecule has 1 fully saturated rings. The Bertz CT molecular complexity index is 712. The molecule has 1 aliphatic heterocycles. The molecule has 0 bridgehead atoms. The first-order chi connectivity index (χ1) is 13.7. The largest absolute Gasteiger partial charge is 0.494 e. The Morgan fingerprint density at radius 1 is 1.00 bits per heavy atom. The van der Waals surface area contributed by atoms with Gasteiger partial charge in [-0.1, -0.05) is 12.1 Å². The van der Waals surface area contributed by atoms with Crippen LogP contribution in [0.5, 0.6) is 5.75 Å². The van der Waals surface area contributed by atoms with E-state index in [4.69, 9.17) is 23.5 Å². The zero-order valence-corrected chi connectivity index (χ0v) is 19.8. The van der Waals surface area contributed by atoms with E-state index in [1.54, 1.807) is 7.11 Å². The van der Waals surface area contributed by atoms with Gasteiger partial charge in [0.25, 0.3) is 0 Å². The van der Waals surface area contributed by atoms with Crippen LogP contribution in [0.3, 0.4) is 0 Å². The molecule has 8 heteroatoms. The summed E-state index contributed by atoms with van der Waals surface area (Å²) in [7, 11) is 1.16. The van der Waals surface area contributed by atoms with Gasteiger partial charge in [-0.3, -0.25) is 0 Å². The molecule has 168 valence electrons. The van der Waals surface area contributed by atoms with Crippen molar-refractivity contribution < 1.29 is 28.3 Å². The van der Waals surface area contributed by atoms with Crippen molar-refractivity contribution in [3.63, 3.8) is 0 Å². The summed E-state index contributed by atoms with van der Waals surface area (Å²) in [4.78, 5) is 12.2. The van der Waals surface area contributed by atoms with Gasteiger partial charge >= 0.3 is 13.2 Å². The average molecular weight is 421 g/mol. The van der Waals surface area contributed by atoms with Gasteiger partial charge in [-0.2, -0.15) is 0 Å². The predicted molar refractivity (Wildman–Crippen MR) is 117 cm³/mol. The maximum absolute atomic E-state index is 12.2. The Kier molecular flexibility index (Phi) is 7.16. The molecule has 30 heavy (non-hydrogen) atoms. The highest BCUT2D eigenvalue weighted by Gasteiger charge is 2.51. The highest BCUT2D eigenvalue weighted by molar-refractivity contribution is 6.62. The highest BCUT2D eigenvalue weighted by atomic mass is 16.7. The first kappa shape index (κ1) is 24.5. The molecule has 0 unspecified atom stereocenters. The summed E-state index contributed by atoms with van der Waals surface area (Å²) in [5.74, 6) is 0.670. The quantitative estimate of drug-likeness (QED) is 0.681. The van der Waals surface area contributed by atoms with E-state index in [1.807, 2.05) is 79.7 Å². The molecule has 1 aromatic rings. The number of hydrogen-bond donors (Lipinski definition) is 1. The van der Waals surface area contributed by atoms with Crippen LogP contribution in [0.1, 0.15) is 55.4 Å². The molecule has 1 atom stereocenters. The topological polar surface area (TPSA) is 75.3 Å². The van der Waals surface area contributed by atoms with E-state index in [1.165, 1.54) is 0 Å². The smallest absolute Gasteiger partial charge is 0.491 e. The first-order valence-electron chi connectivity index (χ1n) is 10.2. The number of methoxy groups -OCH3 is 1. The molecule has 7 nitrogen and oxygen atoms in total. The van der Waals surface area contributed by atoms with Crippen LogP contribution >= 0.6 is 0 Å². The minimum Gasteiger partial charge on any atom is -0.491 e. The Labute approximate surface area is 180 Å². The number of alkyl carbamates (subject to hydrolysis) is 1. The van der Waals surface area contributed by atoms with Crippen LogP contribution in [0.4, 0.5) is 4.79 Å². The molecule has 2 rings (SSSR count). The monoisotopic (exact) mass is 421 g/mol. The predicted octanol–water partition coefficient (Wildman–Crippen LogP) is 3.29. The van der Waals surface area contributed by atoms with Crippen LogP contribution in [0.2, 0.25) is 0 Å². The third-order valence-corrected chi connectivity index (χ3v) is 5.23. The highest BCUT2D eigenvalue weighted by Crippen LogP contribution is 2.36. The summed E-state index contributed by atoms with van der Waals surface area (Å²) < 4.78 is 28.7. The van der Waals surface area contributed by atoms with Gasteiger partial charge in [-0.25, -0.2) is 4.79 Å². The molecule has 0 saturated carbocycles. The fourth-order valence-electron chi connectivity index (χ4n) is 2.93. The Morgan fingerprint density at radius 3 is 2.00 bits per heavy atom. The maximum atomic E-state index is 12.2. The number of nitrogens with one attached hydrogen (secondary N) is 1. The Hall–Kier alpha value is -1.77. The van der Waals surface area contributed by atoms with Crippen molar-refractivity contribution in [3.8, 4) is 5.75 Å². The molecule has 0 aliphatic carbocycles. The summed E-state index contributed by atoms with van der Waals surface area (Å²) in [6.45, 7) is 15.9. The van der Waals surface area contributed by atoms with Crippen molar-refractivity contribution in [1.29, 1.82) is 0 Å². The van der Waals surface area contributed by atoms with Gasteiger partial charge in [0, 0.05) is 7.11 Å². The number of ether oxygens (including phenoxy) is 3. The van der Waals surface area contributed by atoms with Crippen molar-refractivity contribution in [2.45, 2.75) is 77.7 Å². The number of benzene rings is 1. The SMILES string of the molecule is COC[C@](C)(COc1ccc(B2OC(C)(C)C(C)(C)O2)cc1)NC(=O)OC(C)(C)C. The molecule has 1 heterocycles. The molecule has 1 amide bonds. The molecule has 1 aliphatic rings. The lowest BCUT2D eigenvalue weighted by Crippen LogP contribution is -2.54. The van der Waals surface area contributed by atoms with Crippen LogP contribution in [0, 0.1) is 0 Å². The minimum absolute atomic E-state index is 0.218. The van der Waals surface area contributed by atoms with Gasteiger partial charge in [-0.15, -0.1) is 0 Å². The van der Waals surface area contributed by atoms with Gasteiger partial charge in [0.1, 0.15) is 18.0 Å². The second-order valence-electron chi connectivity index (χ2n) is 10.1. The Balaban J connectivity index is 1.99. The summed E-state index contributed by atoms with van der Waals surface area (Å²) in [5.41, 5.74) is -1.18. The molecule has 0 radical (unpaired) electrons. The number of rotatable bonds is 7. The fraction of sp³-hybridized carbons (Fsp3) is 0.682. The second kappa shape index (κ2) is 8.77. The Morgan fingerprint density at radius 2 is 1.53 bits per heavy atom. The number of carbonyl (C=O) groups excluding carboxylic acids is 1. The number of hydrogen-bond acceptors (Lipinski definition) is 6. The van der Waals surface area contributed by atoms with E-state index in [0.717, 1.165) is 5.46 Å². The average Bonchev–Trinajstić information content (AvgIpc) is 2.79. The molecule has 1 N–H and O–H groups in total. The first-order valence-corrected chi connectivity index (χ1v) is 10.2. The summed E-state index contributed by atoms with van der Waals surface area (Å²) in [6.07, 6.45) is -0.512. The van der Waals surface area contributed by atoms with Crippen molar-refractivity contribution in [3.05, 3.63) is 24.3 Å². The third-order valence-electron chi connectivity index (χ3n) is 5.23. The van der Waals surface area contributed by atoms with E-state index in [2.05, 4.69) is 5.32 Å². The van der Waals surface area contributed by atoms with E-state index >= 15 is 0 Å². The summed E-state index contributed by atoms with van der Waals surface area (Å²) >= 11 is 0. The van der Waals surface area contributed by atoms with Crippen LogP contribution in [0.15, 0.2) is 24.3 Å². The minimum atomic E-state index is -0.749. The molecule has 0 spiro atoms. The number of amides is 1. The van der Waals surface area contributed by atoms with Crippen molar-refractivity contribution >= 4 is 18.7 Å². The van der Waals surface area contributed by atoms with E-state index < -0.39 is 24.4 Å². The van der Waals surface area contributed by atoms with Crippen molar-refractivity contribution in [2.75, 3.05) is 20.3 Å². The normalized spacial score (nSPS) is 19.8. The molecule has 1 saturated heterocycles. The lowest BCUT2D eigenvalue weighted by atomic mass is 9.79. The molecular weight excluding hydrogens is 385 g/mol. The van der Waals surface area contributed by atoms with Gasteiger partial charge in [-0.05, 0) is 73.0 Å². The van der Waals surface area contributed by atoms with Gasteiger partial charge in [0.15, 0.2) is 0 Å². The standard InChI is InChI=1S/C22H36BNO6/c1-19(2,3)28-18(25)24-22(8,14-26-9)15-27-17-12-10-16(11-13-17)23-29-20(4,5)21(6,7)30-23/h10-13H,14-15H2,1-9H3,(H,24,25)/t22-/m1/s1. The maximum Gasteiger partial charge on any atom is 0.494 e. The van der Waals surface area contributed by atoms with Crippen LogP contribution < -0.4 is 15.5 Å². The van der Waals surface area contributed by atoms with Crippen molar-refractivity contribution in [1.82, 2.24) is 5.32 Å². The van der Waals surface area contributed by atoms with Crippen LogP contribution in [-0.4, -0.2) is 55.9 Å². The van der Waals surface area contributed by atoms with E-state index in [9.17, 15) is 4.79 Å². The second-order valence-corrected chi connectivity index (χ2v) is 10.1. The zero-order valence-electron chi connectivity index (χ0n) is 19.8. The fourth-order valence-corrected chi connectivity index (χ4v) is 2.93.